The molecule has 1 atom stereocenters. The van der Waals surface area contributed by atoms with Crippen LogP contribution >= 0.6 is 11.6 Å². The van der Waals surface area contributed by atoms with Crippen molar-refractivity contribution in [2.24, 2.45) is 5.92 Å². The maximum absolute atomic E-state index is 12.6. The average molecular weight is 331 g/mol. The van der Waals surface area contributed by atoms with Crippen LogP contribution in [0.4, 0.5) is 0 Å². The van der Waals surface area contributed by atoms with Crippen LogP contribution in [-0.2, 0) is 11.2 Å². The fraction of sp³-hybridized carbons (Fsp3) is 0.368. The number of pyridine rings is 1. The minimum atomic E-state index is -0.255. The van der Waals surface area contributed by atoms with Crippen molar-refractivity contribution in [3.63, 3.8) is 0 Å². The second kappa shape index (κ2) is 8.68. The molecule has 1 aromatic heterocycles. The number of benzene rings is 1. The fourth-order valence-electron chi connectivity index (χ4n) is 2.39. The molecule has 0 aliphatic rings. The molecule has 0 aliphatic heterocycles. The van der Waals surface area contributed by atoms with E-state index >= 15 is 0 Å². The van der Waals surface area contributed by atoms with Gasteiger partial charge >= 0.3 is 0 Å². The Kier molecular flexibility index (Phi) is 6.60. The second-order valence-corrected chi connectivity index (χ2v) is 6.54. The van der Waals surface area contributed by atoms with Gasteiger partial charge in [-0.2, -0.15) is 0 Å². The normalized spacial score (nSPS) is 12.2. The van der Waals surface area contributed by atoms with Crippen molar-refractivity contribution >= 4 is 17.5 Å². The number of carbonyl (C=O) groups excluding carboxylic acids is 1. The molecule has 1 amide bonds. The molecular weight excluding hydrogens is 308 g/mol. The molecule has 1 unspecified atom stereocenters. The number of rotatable bonds is 7. The summed E-state index contributed by atoms with van der Waals surface area (Å²) in [5.74, 6) is 0.355. The minimum Gasteiger partial charge on any atom is -0.356 e. The van der Waals surface area contributed by atoms with Crippen molar-refractivity contribution in [3.8, 4) is 0 Å². The number of aromatic nitrogens is 1. The minimum absolute atomic E-state index is 0.0404. The summed E-state index contributed by atoms with van der Waals surface area (Å²) in [4.78, 5) is 17.0. The number of amides is 1. The zero-order valence-corrected chi connectivity index (χ0v) is 14.4. The molecule has 122 valence electrons. The molecule has 2 rings (SSSR count). The van der Waals surface area contributed by atoms with Crippen LogP contribution in [0.15, 0.2) is 48.7 Å². The van der Waals surface area contributed by atoms with Gasteiger partial charge in [0.2, 0.25) is 5.91 Å². The van der Waals surface area contributed by atoms with Gasteiger partial charge in [0.1, 0.15) is 0 Å². The highest BCUT2D eigenvalue weighted by molar-refractivity contribution is 6.30. The fourth-order valence-corrected chi connectivity index (χ4v) is 2.52. The zero-order valence-electron chi connectivity index (χ0n) is 13.6. The van der Waals surface area contributed by atoms with Gasteiger partial charge in [-0.05, 0) is 42.2 Å². The summed E-state index contributed by atoms with van der Waals surface area (Å²) in [5.41, 5.74) is 1.87. The molecule has 1 N–H and O–H groups in total. The molecule has 1 aromatic carbocycles. The van der Waals surface area contributed by atoms with Crippen molar-refractivity contribution < 1.29 is 4.79 Å². The van der Waals surface area contributed by atoms with E-state index in [4.69, 9.17) is 11.6 Å². The van der Waals surface area contributed by atoms with Crippen molar-refractivity contribution in [1.29, 1.82) is 0 Å². The number of hydrogen-bond acceptors (Lipinski definition) is 2. The summed E-state index contributed by atoms with van der Waals surface area (Å²) in [6.45, 7) is 5.00. The van der Waals surface area contributed by atoms with Crippen LogP contribution in [-0.4, -0.2) is 17.4 Å². The van der Waals surface area contributed by atoms with Crippen LogP contribution in [0, 0.1) is 5.92 Å². The van der Waals surface area contributed by atoms with Crippen LogP contribution in [0.1, 0.15) is 37.4 Å². The van der Waals surface area contributed by atoms with Crippen LogP contribution < -0.4 is 5.32 Å². The third kappa shape index (κ3) is 5.68. The highest BCUT2D eigenvalue weighted by Gasteiger charge is 2.21. The Balaban J connectivity index is 2.13. The smallest absolute Gasteiger partial charge is 0.227 e. The SMILES string of the molecule is CC(C)CCNC(=O)C(Cc1ccccn1)c1ccc(Cl)cc1. The van der Waals surface area contributed by atoms with E-state index in [-0.39, 0.29) is 11.8 Å². The van der Waals surface area contributed by atoms with E-state index in [2.05, 4.69) is 24.1 Å². The molecule has 0 saturated heterocycles. The van der Waals surface area contributed by atoms with E-state index in [0.29, 0.717) is 23.9 Å². The largest absolute Gasteiger partial charge is 0.356 e. The Bertz CT molecular complexity index is 611. The van der Waals surface area contributed by atoms with Crippen molar-refractivity contribution in [3.05, 3.63) is 64.9 Å². The van der Waals surface area contributed by atoms with Crippen molar-refractivity contribution in [2.45, 2.75) is 32.6 Å². The molecule has 3 nitrogen and oxygen atoms in total. The highest BCUT2D eigenvalue weighted by Crippen LogP contribution is 2.22. The Hall–Kier alpha value is -1.87. The quantitative estimate of drug-likeness (QED) is 0.825. The van der Waals surface area contributed by atoms with Gasteiger partial charge in [-0.1, -0.05) is 43.6 Å². The van der Waals surface area contributed by atoms with E-state index in [1.165, 1.54) is 0 Å². The Morgan fingerprint density at radius 3 is 2.52 bits per heavy atom. The molecule has 23 heavy (non-hydrogen) atoms. The molecule has 0 fully saturated rings. The number of carbonyl (C=O) groups is 1. The van der Waals surface area contributed by atoms with E-state index in [1.54, 1.807) is 6.20 Å². The molecular formula is C19H23ClN2O. The number of halogens is 1. The Morgan fingerprint density at radius 1 is 1.17 bits per heavy atom. The third-order valence-corrected chi connectivity index (χ3v) is 4.00. The van der Waals surface area contributed by atoms with E-state index in [0.717, 1.165) is 17.7 Å². The van der Waals surface area contributed by atoms with Gasteiger partial charge in [0.15, 0.2) is 0 Å². The summed E-state index contributed by atoms with van der Waals surface area (Å²) in [6, 6.07) is 13.2. The Morgan fingerprint density at radius 2 is 1.91 bits per heavy atom. The summed E-state index contributed by atoms with van der Waals surface area (Å²) in [5, 5.41) is 3.72. The summed E-state index contributed by atoms with van der Waals surface area (Å²) >= 11 is 5.96. The number of nitrogens with one attached hydrogen (secondary N) is 1. The van der Waals surface area contributed by atoms with Crippen LogP contribution in [0.3, 0.4) is 0 Å². The van der Waals surface area contributed by atoms with Gasteiger partial charge in [-0.15, -0.1) is 0 Å². The van der Waals surface area contributed by atoms with Gasteiger partial charge in [0.05, 0.1) is 5.92 Å². The standard InChI is InChI=1S/C19H23ClN2O/c1-14(2)10-12-22-19(23)18(13-17-5-3-4-11-21-17)15-6-8-16(20)9-7-15/h3-9,11,14,18H,10,12-13H2,1-2H3,(H,22,23). The molecule has 0 aliphatic carbocycles. The maximum atomic E-state index is 12.6. The number of nitrogens with zero attached hydrogens (tertiary/aromatic N) is 1. The summed E-state index contributed by atoms with van der Waals surface area (Å²) in [7, 11) is 0. The van der Waals surface area contributed by atoms with E-state index in [9.17, 15) is 4.79 Å². The van der Waals surface area contributed by atoms with E-state index in [1.807, 2.05) is 42.5 Å². The monoisotopic (exact) mass is 330 g/mol. The van der Waals surface area contributed by atoms with Gasteiger partial charge in [0.25, 0.3) is 0 Å². The lowest BCUT2D eigenvalue weighted by molar-refractivity contribution is -0.122. The van der Waals surface area contributed by atoms with Crippen molar-refractivity contribution in [2.75, 3.05) is 6.54 Å². The van der Waals surface area contributed by atoms with Gasteiger partial charge in [-0.25, -0.2) is 0 Å². The zero-order chi connectivity index (χ0) is 16.7. The lowest BCUT2D eigenvalue weighted by atomic mass is 9.93. The first-order valence-corrected chi connectivity index (χ1v) is 8.37. The topological polar surface area (TPSA) is 42.0 Å². The van der Waals surface area contributed by atoms with E-state index < -0.39 is 0 Å². The first-order valence-electron chi connectivity index (χ1n) is 7.99. The predicted molar refractivity (Wildman–Crippen MR) is 94.6 cm³/mol. The number of hydrogen-bond donors (Lipinski definition) is 1. The van der Waals surface area contributed by atoms with Crippen molar-refractivity contribution in [1.82, 2.24) is 10.3 Å². The maximum Gasteiger partial charge on any atom is 0.227 e. The van der Waals surface area contributed by atoms with Crippen LogP contribution in [0.5, 0.6) is 0 Å². The highest BCUT2D eigenvalue weighted by atomic mass is 35.5. The second-order valence-electron chi connectivity index (χ2n) is 6.10. The predicted octanol–water partition coefficient (Wildman–Crippen LogP) is 4.22. The molecule has 0 bridgehead atoms. The van der Waals surface area contributed by atoms with Crippen LogP contribution in [0.2, 0.25) is 5.02 Å². The average Bonchev–Trinajstić information content (AvgIpc) is 2.54. The molecule has 0 radical (unpaired) electrons. The Labute approximate surface area is 143 Å². The molecule has 0 spiro atoms. The molecule has 4 heteroatoms. The molecule has 0 saturated carbocycles. The summed E-state index contributed by atoms with van der Waals surface area (Å²) < 4.78 is 0. The summed E-state index contributed by atoms with van der Waals surface area (Å²) in [6.07, 6.45) is 3.31. The van der Waals surface area contributed by atoms with Crippen LogP contribution in [0.25, 0.3) is 0 Å². The third-order valence-electron chi connectivity index (χ3n) is 3.75. The molecule has 2 aromatic rings. The first-order chi connectivity index (χ1) is 11.1. The lowest BCUT2D eigenvalue weighted by Gasteiger charge is -2.17. The lowest BCUT2D eigenvalue weighted by Crippen LogP contribution is -2.32. The molecule has 1 heterocycles. The first kappa shape index (κ1) is 17.5. The van der Waals surface area contributed by atoms with Gasteiger partial charge < -0.3 is 5.32 Å². The van der Waals surface area contributed by atoms with Gasteiger partial charge in [0, 0.05) is 29.9 Å². The van der Waals surface area contributed by atoms with Gasteiger partial charge in [-0.3, -0.25) is 9.78 Å².